The number of hydrogen-bond donors (Lipinski definition) is 1. The van der Waals surface area contributed by atoms with Gasteiger partial charge in [0.15, 0.2) is 0 Å². The Labute approximate surface area is 123 Å². The molecule has 2 aromatic rings. The molecule has 0 radical (unpaired) electrons. The highest BCUT2D eigenvalue weighted by Gasteiger charge is 2.26. The minimum absolute atomic E-state index is 0.00102. The first-order valence-corrected chi connectivity index (χ1v) is 7.09. The maximum atomic E-state index is 13.4. The van der Waals surface area contributed by atoms with Crippen LogP contribution in [0.5, 0.6) is 0 Å². The Morgan fingerprint density at radius 1 is 1.14 bits per heavy atom. The number of alkyl halides is 2. The molecular formula is C17H18F2N2. The first-order chi connectivity index (χ1) is 10.1. The van der Waals surface area contributed by atoms with Crippen LogP contribution in [0.1, 0.15) is 24.5 Å². The Hall–Kier alpha value is -2.10. The van der Waals surface area contributed by atoms with Crippen molar-refractivity contribution in [2.75, 3.05) is 17.2 Å². The molecule has 1 unspecified atom stereocenters. The third kappa shape index (κ3) is 2.58. The number of benzene rings is 2. The Morgan fingerprint density at radius 3 is 2.67 bits per heavy atom. The zero-order valence-electron chi connectivity index (χ0n) is 11.9. The van der Waals surface area contributed by atoms with Crippen molar-refractivity contribution in [1.29, 1.82) is 0 Å². The van der Waals surface area contributed by atoms with Crippen LogP contribution in [0.4, 0.5) is 25.8 Å². The minimum Gasteiger partial charge on any atom is -0.399 e. The number of nitrogen functional groups attached to an aromatic ring is 1. The molecule has 2 aromatic carbocycles. The van der Waals surface area contributed by atoms with Gasteiger partial charge in [-0.05, 0) is 42.2 Å². The SMILES string of the molecule is CC1Cc2ccccc2N(c2ccc(N)cc2C(F)F)C1. The van der Waals surface area contributed by atoms with Gasteiger partial charge in [0.05, 0.1) is 5.69 Å². The lowest BCUT2D eigenvalue weighted by Gasteiger charge is -2.36. The molecule has 3 rings (SSSR count). The molecule has 0 amide bonds. The van der Waals surface area contributed by atoms with Gasteiger partial charge in [0.1, 0.15) is 0 Å². The average Bonchev–Trinajstić information content (AvgIpc) is 2.46. The molecule has 2 N–H and O–H groups in total. The van der Waals surface area contributed by atoms with Gasteiger partial charge in [0.2, 0.25) is 0 Å². The van der Waals surface area contributed by atoms with Gasteiger partial charge in [0.25, 0.3) is 6.43 Å². The van der Waals surface area contributed by atoms with E-state index < -0.39 is 6.43 Å². The van der Waals surface area contributed by atoms with Crippen molar-refractivity contribution in [2.45, 2.75) is 19.8 Å². The van der Waals surface area contributed by atoms with Crippen LogP contribution in [0.2, 0.25) is 0 Å². The third-order valence-corrected chi connectivity index (χ3v) is 3.92. The molecule has 0 aromatic heterocycles. The summed E-state index contributed by atoms with van der Waals surface area (Å²) in [6.07, 6.45) is -1.56. The second kappa shape index (κ2) is 5.35. The molecule has 21 heavy (non-hydrogen) atoms. The predicted octanol–water partition coefficient (Wildman–Crippen LogP) is 4.54. The third-order valence-electron chi connectivity index (χ3n) is 3.92. The number of anilines is 3. The fourth-order valence-corrected chi connectivity index (χ4v) is 3.02. The quantitative estimate of drug-likeness (QED) is 0.822. The van der Waals surface area contributed by atoms with Crippen molar-refractivity contribution in [3.8, 4) is 0 Å². The van der Waals surface area contributed by atoms with Crippen LogP contribution < -0.4 is 10.6 Å². The molecule has 0 saturated heterocycles. The normalized spacial score (nSPS) is 17.9. The minimum atomic E-state index is -2.53. The van der Waals surface area contributed by atoms with Crippen LogP contribution in [0.3, 0.4) is 0 Å². The van der Waals surface area contributed by atoms with Crippen LogP contribution in [0, 0.1) is 5.92 Å². The van der Waals surface area contributed by atoms with Gasteiger partial charge in [0, 0.05) is 23.5 Å². The van der Waals surface area contributed by atoms with E-state index >= 15 is 0 Å². The number of rotatable bonds is 2. The highest BCUT2D eigenvalue weighted by Crippen LogP contribution is 2.40. The zero-order valence-corrected chi connectivity index (χ0v) is 11.9. The molecule has 1 atom stereocenters. The monoisotopic (exact) mass is 288 g/mol. The van der Waals surface area contributed by atoms with E-state index in [2.05, 4.69) is 13.0 Å². The highest BCUT2D eigenvalue weighted by molar-refractivity contribution is 5.72. The Kier molecular flexibility index (Phi) is 3.53. The molecular weight excluding hydrogens is 270 g/mol. The van der Waals surface area contributed by atoms with Crippen molar-refractivity contribution in [2.24, 2.45) is 5.92 Å². The number of halogens is 2. The fourth-order valence-electron chi connectivity index (χ4n) is 3.02. The van der Waals surface area contributed by atoms with Crippen molar-refractivity contribution >= 4 is 17.1 Å². The molecule has 4 heteroatoms. The lowest BCUT2D eigenvalue weighted by molar-refractivity contribution is 0.152. The summed E-state index contributed by atoms with van der Waals surface area (Å²) >= 11 is 0. The van der Waals surface area contributed by atoms with E-state index in [0.29, 0.717) is 17.3 Å². The lowest BCUT2D eigenvalue weighted by Crippen LogP contribution is -2.31. The van der Waals surface area contributed by atoms with Crippen LogP contribution in [-0.4, -0.2) is 6.54 Å². The summed E-state index contributed by atoms with van der Waals surface area (Å²) < 4.78 is 26.7. The number of hydrogen-bond acceptors (Lipinski definition) is 2. The number of nitrogens with zero attached hydrogens (tertiary/aromatic N) is 1. The molecule has 1 aliphatic heterocycles. The maximum Gasteiger partial charge on any atom is 0.265 e. The molecule has 0 fully saturated rings. The van der Waals surface area contributed by atoms with E-state index in [9.17, 15) is 8.78 Å². The van der Waals surface area contributed by atoms with E-state index in [1.165, 1.54) is 11.6 Å². The van der Waals surface area contributed by atoms with E-state index in [1.807, 2.05) is 23.1 Å². The van der Waals surface area contributed by atoms with Gasteiger partial charge in [-0.25, -0.2) is 8.78 Å². The largest absolute Gasteiger partial charge is 0.399 e. The van der Waals surface area contributed by atoms with E-state index in [4.69, 9.17) is 5.73 Å². The molecule has 1 aliphatic rings. The highest BCUT2D eigenvalue weighted by atomic mass is 19.3. The topological polar surface area (TPSA) is 29.3 Å². The predicted molar refractivity (Wildman–Crippen MR) is 82.1 cm³/mol. The molecule has 0 spiro atoms. The smallest absolute Gasteiger partial charge is 0.265 e. The van der Waals surface area contributed by atoms with Crippen molar-refractivity contribution in [3.05, 3.63) is 53.6 Å². The summed E-state index contributed by atoms with van der Waals surface area (Å²) in [7, 11) is 0. The lowest BCUT2D eigenvalue weighted by atomic mass is 9.93. The number of para-hydroxylation sites is 1. The van der Waals surface area contributed by atoms with Crippen LogP contribution in [-0.2, 0) is 6.42 Å². The van der Waals surface area contributed by atoms with E-state index in [1.54, 1.807) is 12.1 Å². The standard InChI is InChI=1S/C17H18F2N2/c1-11-8-12-4-2-3-5-15(12)21(10-11)16-7-6-13(20)9-14(16)17(18)19/h2-7,9,11,17H,8,10,20H2,1H3. The summed E-state index contributed by atoms with van der Waals surface area (Å²) in [5, 5.41) is 0. The summed E-state index contributed by atoms with van der Waals surface area (Å²) in [6.45, 7) is 2.88. The van der Waals surface area contributed by atoms with Crippen molar-refractivity contribution < 1.29 is 8.78 Å². The molecule has 110 valence electrons. The van der Waals surface area contributed by atoms with Crippen LogP contribution >= 0.6 is 0 Å². The molecule has 0 aliphatic carbocycles. The molecule has 0 saturated carbocycles. The summed E-state index contributed by atoms with van der Waals surface area (Å²) in [5.74, 6) is 0.419. The summed E-state index contributed by atoms with van der Waals surface area (Å²) in [4.78, 5) is 1.99. The van der Waals surface area contributed by atoms with E-state index in [-0.39, 0.29) is 5.56 Å². The zero-order chi connectivity index (χ0) is 15.0. The van der Waals surface area contributed by atoms with Crippen molar-refractivity contribution in [1.82, 2.24) is 0 Å². The van der Waals surface area contributed by atoms with Crippen LogP contribution in [0.25, 0.3) is 0 Å². The second-order valence-corrected chi connectivity index (χ2v) is 5.67. The average molecular weight is 288 g/mol. The molecule has 1 heterocycles. The van der Waals surface area contributed by atoms with Gasteiger partial charge < -0.3 is 10.6 Å². The van der Waals surface area contributed by atoms with Crippen molar-refractivity contribution in [3.63, 3.8) is 0 Å². The Bertz CT molecular complexity index is 655. The van der Waals surface area contributed by atoms with Gasteiger partial charge in [-0.15, -0.1) is 0 Å². The number of fused-ring (bicyclic) bond motifs is 1. The summed E-state index contributed by atoms with van der Waals surface area (Å²) in [5.41, 5.74) is 8.80. The van der Waals surface area contributed by atoms with Gasteiger partial charge in [-0.1, -0.05) is 25.1 Å². The first-order valence-electron chi connectivity index (χ1n) is 7.09. The second-order valence-electron chi connectivity index (χ2n) is 5.67. The first kappa shape index (κ1) is 13.9. The summed E-state index contributed by atoms with van der Waals surface area (Å²) in [6, 6.07) is 12.8. The maximum absolute atomic E-state index is 13.4. The van der Waals surface area contributed by atoms with Crippen LogP contribution in [0.15, 0.2) is 42.5 Å². The Balaban J connectivity index is 2.13. The molecule has 2 nitrogen and oxygen atoms in total. The Morgan fingerprint density at radius 2 is 1.90 bits per heavy atom. The van der Waals surface area contributed by atoms with Gasteiger partial charge in [-0.3, -0.25) is 0 Å². The van der Waals surface area contributed by atoms with Gasteiger partial charge >= 0.3 is 0 Å². The number of nitrogens with two attached hydrogens (primary N) is 1. The molecule has 0 bridgehead atoms. The fraction of sp³-hybridized carbons (Fsp3) is 0.294. The van der Waals surface area contributed by atoms with E-state index in [0.717, 1.165) is 18.7 Å². The van der Waals surface area contributed by atoms with Gasteiger partial charge in [-0.2, -0.15) is 0 Å².